The summed E-state index contributed by atoms with van der Waals surface area (Å²) in [6.45, 7) is 7.64. The topological polar surface area (TPSA) is 88.4 Å². The van der Waals surface area contributed by atoms with Crippen LogP contribution in [0.3, 0.4) is 0 Å². The Morgan fingerprint density at radius 2 is 2.00 bits per heavy atom. The predicted molar refractivity (Wildman–Crippen MR) is 118 cm³/mol. The van der Waals surface area contributed by atoms with Crippen molar-refractivity contribution in [3.05, 3.63) is 12.2 Å². The minimum absolute atomic E-state index is 0.0103. The van der Waals surface area contributed by atoms with Crippen LogP contribution >= 0.6 is 0 Å². The first kappa shape index (κ1) is 20.6. The van der Waals surface area contributed by atoms with Crippen LogP contribution in [-0.2, 0) is 22.5 Å². The van der Waals surface area contributed by atoms with Gasteiger partial charge in [0.2, 0.25) is 5.91 Å². The molecule has 3 aliphatic heterocycles. The second kappa shape index (κ2) is 9.48. The van der Waals surface area contributed by atoms with E-state index in [1.165, 1.54) is 19.3 Å². The molecule has 5 heterocycles. The molecule has 2 aromatic rings. The average molecular weight is 428 g/mol. The first-order valence-electron chi connectivity index (χ1n) is 11.8. The fourth-order valence-corrected chi connectivity index (χ4v) is 5.05. The molecule has 0 saturated carbocycles. The molecule has 168 valence electrons. The number of piperidine rings is 1. The quantitative estimate of drug-likeness (QED) is 0.767. The number of hydrogen-bond donors (Lipinski definition) is 1. The average Bonchev–Trinajstić information content (AvgIpc) is 3.00. The monoisotopic (exact) mass is 427 g/mol. The zero-order valence-electron chi connectivity index (χ0n) is 18.3. The van der Waals surface area contributed by atoms with E-state index in [0.29, 0.717) is 13.1 Å². The smallest absolute Gasteiger partial charge is 0.224 e. The normalized spacial score (nSPS) is 22.8. The molecule has 0 aliphatic carbocycles. The third-order valence-electron chi connectivity index (χ3n) is 6.80. The largest absolute Gasteiger partial charge is 0.379 e. The number of carbonyl (C=O) groups is 1. The van der Waals surface area contributed by atoms with E-state index in [1.807, 2.05) is 0 Å². The van der Waals surface area contributed by atoms with E-state index in [-0.39, 0.29) is 11.8 Å². The summed E-state index contributed by atoms with van der Waals surface area (Å²) in [6, 6.07) is 0. The number of aromatic nitrogens is 4. The minimum Gasteiger partial charge on any atom is -0.379 e. The van der Waals surface area contributed by atoms with Gasteiger partial charge in [-0.2, -0.15) is 0 Å². The van der Waals surface area contributed by atoms with Crippen molar-refractivity contribution in [3.63, 3.8) is 0 Å². The first-order chi connectivity index (χ1) is 15.3. The van der Waals surface area contributed by atoms with Crippen LogP contribution in [0.1, 0.15) is 37.9 Å². The summed E-state index contributed by atoms with van der Waals surface area (Å²) in [5.74, 6) is 2.16. The summed E-state index contributed by atoms with van der Waals surface area (Å²) in [7, 11) is 0. The molecule has 0 bridgehead atoms. The van der Waals surface area contributed by atoms with Crippen LogP contribution in [0, 0.1) is 5.92 Å². The molecule has 1 atom stereocenters. The van der Waals surface area contributed by atoms with E-state index < -0.39 is 0 Å². The van der Waals surface area contributed by atoms with Gasteiger partial charge in [0.05, 0.1) is 19.1 Å². The Balaban J connectivity index is 1.25. The van der Waals surface area contributed by atoms with Gasteiger partial charge in [-0.05, 0) is 25.7 Å². The molecule has 1 amide bonds. The van der Waals surface area contributed by atoms with Gasteiger partial charge in [-0.3, -0.25) is 9.69 Å². The molecule has 9 heteroatoms. The Morgan fingerprint density at radius 1 is 1.10 bits per heavy atom. The fourth-order valence-electron chi connectivity index (χ4n) is 5.05. The van der Waals surface area contributed by atoms with E-state index in [0.717, 1.165) is 88.0 Å². The van der Waals surface area contributed by atoms with Gasteiger partial charge >= 0.3 is 0 Å². The molecular weight excluding hydrogens is 394 g/mol. The highest BCUT2D eigenvalue weighted by atomic mass is 16.5. The summed E-state index contributed by atoms with van der Waals surface area (Å²) in [4.78, 5) is 31.5. The van der Waals surface area contributed by atoms with Gasteiger partial charge in [0.1, 0.15) is 12.2 Å². The van der Waals surface area contributed by atoms with Gasteiger partial charge in [-0.25, -0.2) is 15.0 Å². The molecule has 0 aromatic carbocycles. The minimum atomic E-state index is -0.0103. The molecule has 2 aromatic heterocycles. The van der Waals surface area contributed by atoms with Gasteiger partial charge in [-0.15, -0.1) is 0 Å². The molecule has 0 spiro atoms. The zero-order chi connectivity index (χ0) is 21.0. The Bertz CT molecular complexity index is 909. The molecule has 3 aliphatic rings. The van der Waals surface area contributed by atoms with Crippen molar-refractivity contribution < 1.29 is 9.53 Å². The summed E-state index contributed by atoms with van der Waals surface area (Å²) >= 11 is 0. The van der Waals surface area contributed by atoms with E-state index >= 15 is 0 Å². The summed E-state index contributed by atoms with van der Waals surface area (Å²) in [6.07, 6.45) is 8.18. The number of morpholine rings is 1. The van der Waals surface area contributed by atoms with Gasteiger partial charge in [0.15, 0.2) is 17.0 Å². The number of amides is 1. The number of imidazole rings is 1. The van der Waals surface area contributed by atoms with Gasteiger partial charge in [-0.1, -0.05) is 6.42 Å². The first-order valence-corrected chi connectivity index (χ1v) is 11.8. The molecule has 0 radical (unpaired) electrons. The van der Waals surface area contributed by atoms with Crippen LogP contribution in [0.2, 0.25) is 0 Å². The summed E-state index contributed by atoms with van der Waals surface area (Å²) in [5, 5.41) is 3.15. The molecule has 31 heavy (non-hydrogen) atoms. The van der Waals surface area contributed by atoms with E-state index in [1.54, 1.807) is 6.33 Å². The number of carbonyl (C=O) groups excluding carboxylic acids is 1. The standard InChI is InChI=1S/C22H33N7O2/c30-22(23-7-10-27-11-13-31-14-12-27)17-5-4-8-28(15-17)20-19-21(25-16-24-20)29-9-3-1-2-6-18(29)26-19/h16-17H,1-15H2,(H,23,30)/t17-/m1/s1. The van der Waals surface area contributed by atoms with Crippen LogP contribution in [0.5, 0.6) is 0 Å². The number of aryl methyl sites for hydroxylation is 2. The summed E-state index contributed by atoms with van der Waals surface area (Å²) in [5.41, 5.74) is 1.84. The van der Waals surface area contributed by atoms with Crippen LogP contribution < -0.4 is 10.2 Å². The van der Waals surface area contributed by atoms with Gasteiger partial charge in [0, 0.05) is 52.2 Å². The fraction of sp³-hybridized carbons (Fsp3) is 0.727. The lowest BCUT2D eigenvalue weighted by molar-refractivity contribution is -0.125. The lowest BCUT2D eigenvalue weighted by Crippen LogP contribution is -2.46. The highest BCUT2D eigenvalue weighted by molar-refractivity contribution is 5.85. The Morgan fingerprint density at radius 3 is 2.90 bits per heavy atom. The van der Waals surface area contributed by atoms with Crippen LogP contribution in [0.25, 0.3) is 11.2 Å². The molecule has 2 saturated heterocycles. The zero-order valence-corrected chi connectivity index (χ0v) is 18.3. The van der Waals surface area contributed by atoms with Crippen LogP contribution in [0.15, 0.2) is 6.33 Å². The molecule has 2 fully saturated rings. The van der Waals surface area contributed by atoms with E-state index in [2.05, 4.69) is 29.7 Å². The van der Waals surface area contributed by atoms with Crippen LogP contribution in [-0.4, -0.2) is 82.8 Å². The molecule has 0 unspecified atom stereocenters. The number of anilines is 1. The van der Waals surface area contributed by atoms with Gasteiger partial charge in [0.25, 0.3) is 0 Å². The van der Waals surface area contributed by atoms with Crippen molar-refractivity contribution in [3.8, 4) is 0 Å². The predicted octanol–water partition coefficient (Wildman–Crippen LogP) is 1.22. The Hall–Kier alpha value is -2.26. The third kappa shape index (κ3) is 4.52. The van der Waals surface area contributed by atoms with Crippen molar-refractivity contribution in [1.29, 1.82) is 0 Å². The second-order valence-corrected chi connectivity index (χ2v) is 8.89. The Labute approximate surface area is 183 Å². The van der Waals surface area contributed by atoms with Crippen molar-refractivity contribution in [2.75, 3.05) is 57.4 Å². The SMILES string of the molecule is O=C(NCCN1CCOCC1)[C@@H]1CCCN(c2ncnc3c2nc2n3CCCCC2)C1. The van der Waals surface area contributed by atoms with Crippen LogP contribution in [0.4, 0.5) is 5.82 Å². The number of ether oxygens (including phenoxy) is 1. The van der Waals surface area contributed by atoms with E-state index in [9.17, 15) is 4.79 Å². The maximum absolute atomic E-state index is 12.8. The number of hydrogen-bond acceptors (Lipinski definition) is 7. The molecule has 9 nitrogen and oxygen atoms in total. The highest BCUT2D eigenvalue weighted by Gasteiger charge is 2.29. The summed E-state index contributed by atoms with van der Waals surface area (Å²) < 4.78 is 7.66. The molecular formula is C22H33N7O2. The van der Waals surface area contributed by atoms with Gasteiger partial charge < -0.3 is 19.5 Å². The number of rotatable bonds is 5. The van der Waals surface area contributed by atoms with E-state index in [4.69, 9.17) is 9.72 Å². The van der Waals surface area contributed by atoms with Crippen molar-refractivity contribution >= 4 is 22.9 Å². The van der Waals surface area contributed by atoms with Crippen molar-refractivity contribution in [2.45, 2.75) is 45.1 Å². The second-order valence-electron chi connectivity index (χ2n) is 8.89. The van der Waals surface area contributed by atoms with Crippen molar-refractivity contribution in [1.82, 2.24) is 29.7 Å². The lowest BCUT2D eigenvalue weighted by atomic mass is 9.97. The Kier molecular flexibility index (Phi) is 6.31. The number of nitrogens with zero attached hydrogens (tertiary/aromatic N) is 6. The maximum atomic E-state index is 12.8. The molecule has 1 N–H and O–H groups in total. The van der Waals surface area contributed by atoms with Crippen molar-refractivity contribution in [2.24, 2.45) is 5.92 Å². The molecule has 5 rings (SSSR count). The maximum Gasteiger partial charge on any atom is 0.224 e. The third-order valence-corrected chi connectivity index (χ3v) is 6.80. The number of fused-ring (bicyclic) bond motifs is 3. The lowest BCUT2D eigenvalue weighted by Gasteiger charge is -2.33. The highest BCUT2D eigenvalue weighted by Crippen LogP contribution is 2.29. The number of nitrogens with one attached hydrogen (secondary N) is 1.